The Morgan fingerprint density at radius 1 is 1.43 bits per heavy atom. The van der Waals surface area contributed by atoms with E-state index in [4.69, 9.17) is 14.4 Å². The van der Waals surface area contributed by atoms with Gasteiger partial charge in [-0.1, -0.05) is 23.4 Å². The number of rotatable bonds is 8. The van der Waals surface area contributed by atoms with Crippen LogP contribution in [0.1, 0.15) is 35.5 Å². The Bertz CT molecular complexity index is 519. The van der Waals surface area contributed by atoms with E-state index >= 15 is 0 Å². The summed E-state index contributed by atoms with van der Waals surface area (Å²) in [6.07, 6.45) is 8.99. The van der Waals surface area contributed by atoms with Crippen LogP contribution in [0.4, 0.5) is 0 Å². The lowest BCUT2D eigenvalue weighted by molar-refractivity contribution is 0.0940. The van der Waals surface area contributed by atoms with Crippen LogP contribution in [0.25, 0.3) is 0 Å². The van der Waals surface area contributed by atoms with E-state index in [0.717, 1.165) is 18.4 Å². The van der Waals surface area contributed by atoms with Crippen molar-refractivity contribution in [3.63, 3.8) is 0 Å². The third-order valence-corrected chi connectivity index (χ3v) is 3.00. The highest BCUT2D eigenvalue weighted by molar-refractivity contribution is 5.92. The molecule has 0 radical (unpaired) electrons. The van der Waals surface area contributed by atoms with Gasteiger partial charge in [0.05, 0.1) is 6.61 Å². The number of amides is 1. The molecule has 114 valence electrons. The normalized spacial score (nSPS) is 14.0. The summed E-state index contributed by atoms with van der Waals surface area (Å²) in [5.74, 6) is 0.207. The fourth-order valence-electron chi connectivity index (χ4n) is 1.90. The molecule has 1 heterocycles. The molecule has 0 aliphatic heterocycles. The molecule has 1 aromatic heterocycles. The molecule has 0 fully saturated rings. The number of nitrogens with zero attached hydrogens (tertiary/aromatic N) is 1. The van der Waals surface area contributed by atoms with Crippen LogP contribution in [0, 0.1) is 0 Å². The summed E-state index contributed by atoms with van der Waals surface area (Å²) in [7, 11) is 0. The number of hydrogen-bond acceptors (Lipinski definition) is 5. The minimum Gasteiger partial charge on any atom is -0.396 e. The van der Waals surface area contributed by atoms with Crippen LogP contribution < -0.4 is 5.32 Å². The molecule has 0 unspecified atom stereocenters. The second kappa shape index (κ2) is 8.39. The summed E-state index contributed by atoms with van der Waals surface area (Å²) < 4.78 is 10.6. The molecular formula is C15H20N2O4. The van der Waals surface area contributed by atoms with Crippen molar-refractivity contribution >= 4 is 5.91 Å². The van der Waals surface area contributed by atoms with Gasteiger partial charge in [0.15, 0.2) is 11.5 Å². The lowest BCUT2D eigenvalue weighted by atomic mass is 10.1. The summed E-state index contributed by atoms with van der Waals surface area (Å²) in [6, 6.07) is 1.57. The van der Waals surface area contributed by atoms with E-state index in [1.807, 2.05) is 0 Å². The molecule has 0 spiro atoms. The van der Waals surface area contributed by atoms with E-state index in [-0.39, 0.29) is 24.8 Å². The maximum Gasteiger partial charge on any atom is 0.273 e. The van der Waals surface area contributed by atoms with E-state index in [1.54, 1.807) is 6.07 Å². The molecule has 0 aromatic carbocycles. The summed E-state index contributed by atoms with van der Waals surface area (Å²) >= 11 is 0. The van der Waals surface area contributed by atoms with Crippen molar-refractivity contribution < 1.29 is 19.2 Å². The number of nitrogens with one attached hydrogen (secondary N) is 1. The zero-order chi connectivity index (χ0) is 14.9. The number of allylic oxidation sites excluding steroid dienone is 2. The van der Waals surface area contributed by atoms with Gasteiger partial charge in [0.25, 0.3) is 5.91 Å². The summed E-state index contributed by atoms with van der Waals surface area (Å²) in [4.78, 5) is 11.7. The Morgan fingerprint density at radius 3 is 3.10 bits per heavy atom. The number of aliphatic hydroxyl groups excluding tert-OH is 1. The molecule has 2 N–H and O–H groups in total. The molecule has 0 atom stereocenters. The molecule has 6 nitrogen and oxygen atoms in total. The molecule has 2 rings (SSSR count). The lowest BCUT2D eigenvalue weighted by Gasteiger charge is -2.06. The summed E-state index contributed by atoms with van der Waals surface area (Å²) in [5.41, 5.74) is 1.38. The number of aliphatic hydroxyl groups is 1. The monoisotopic (exact) mass is 292 g/mol. The van der Waals surface area contributed by atoms with Crippen LogP contribution in [0.3, 0.4) is 0 Å². The molecule has 0 bridgehead atoms. The van der Waals surface area contributed by atoms with E-state index < -0.39 is 0 Å². The van der Waals surface area contributed by atoms with Crippen LogP contribution in [0.2, 0.25) is 0 Å². The van der Waals surface area contributed by atoms with Crippen LogP contribution in [0.5, 0.6) is 0 Å². The van der Waals surface area contributed by atoms with Crippen molar-refractivity contribution in [2.75, 3.05) is 19.8 Å². The SMILES string of the molecule is O=C(NCCCO)c1cc(COCC2=CCCC=C2)on1. The zero-order valence-electron chi connectivity index (χ0n) is 11.9. The minimum atomic E-state index is -0.309. The van der Waals surface area contributed by atoms with E-state index in [9.17, 15) is 4.79 Å². The Hall–Kier alpha value is -1.92. The highest BCUT2D eigenvalue weighted by Gasteiger charge is 2.12. The first-order valence-electron chi connectivity index (χ1n) is 7.07. The molecular weight excluding hydrogens is 272 g/mol. The number of carbonyl (C=O) groups is 1. The Balaban J connectivity index is 1.73. The number of hydrogen-bond donors (Lipinski definition) is 2. The van der Waals surface area contributed by atoms with Crippen molar-refractivity contribution in [1.29, 1.82) is 0 Å². The highest BCUT2D eigenvalue weighted by Crippen LogP contribution is 2.11. The average molecular weight is 292 g/mol. The van der Waals surface area contributed by atoms with Crippen molar-refractivity contribution in [2.45, 2.75) is 25.9 Å². The van der Waals surface area contributed by atoms with Gasteiger partial charge in [-0.2, -0.15) is 0 Å². The first kappa shape index (κ1) is 15.5. The summed E-state index contributed by atoms with van der Waals surface area (Å²) in [5, 5.41) is 15.0. The zero-order valence-corrected chi connectivity index (χ0v) is 11.9. The molecule has 1 aliphatic carbocycles. The van der Waals surface area contributed by atoms with Crippen molar-refractivity contribution in [2.24, 2.45) is 0 Å². The van der Waals surface area contributed by atoms with Crippen LogP contribution in [0.15, 0.2) is 34.4 Å². The fourth-order valence-corrected chi connectivity index (χ4v) is 1.90. The van der Waals surface area contributed by atoms with E-state index in [2.05, 4.69) is 28.7 Å². The first-order valence-corrected chi connectivity index (χ1v) is 7.07. The smallest absolute Gasteiger partial charge is 0.273 e. The number of aromatic nitrogens is 1. The van der Waals surface area contributed by atoms with Gasteiger partial charge in [-0.3, -0.25) is 4.79 Å². The van der Waals surface area contributed by atoms with Gasteiger partial charge in [0, 0.05) is 19.2 Å². The quantitative estimate of drug-likeness (QED) is 0.711. The molecule has 6 heteroatoms. The van der Waals surface area contributed by atoms with Crippen molar-refractivity contribution in [3.8, 4) is 0 Å². The average Bonchev–Trinajstić information content (AvgIpc) is 2.97. The standard InChI is InChI=1S/C15H20N2O4/c18-8-4-7-16-15(19)14-9-13(21-17-14)11-20-10-12-5-2-1-3-6-12/h2,5-6,9,18H,1,3-4,7-8,10-11H2,(H,16,19). The molecule has 0 saturated heterocycles. The van der Waals surface area contributed by atoms with Gasteiger partial charge < -0.3 is 19.7 Å². The van der Waals surface area contributed by atoms with Crippen molar-refractivity contribution in [1.82, 2.24) is 10.5 Å². The van der Waals surface area contributed by atoms with Crippen molar-refractivity contribution in [3.05, 3.63) is 41.3 Å². The van der Waals surface area contributed by atoms with Crippen LogP contribution >= 0.6 is 0 Å². The molecule has 0 saturated carbocycles. The predicted molar refractivity (Wildman–Crippen MR) is 76.7 cm³/mol. The van der Waals surface area contributed by atoms with Gasteiger partial charge in [0.1, 0.15) is 6.61 Å². The predicted octanol–water partition coefficient (Wildman–Crippen LogP) is 1.58. The third kappa shape index (κ3) is 5.17. The number of carbonyl (C=O) groups excluding carboxylic acids is 1. The van der Waals surface area contributed by atoms with Gasteiger partial charge in [0.2, 0.25) is 0 Å². The molecule has 1 aromatic rings. The topological polar surface area (TPSA) is 84.6 Å². The highest BCUT2D eigenvalue weighted by atomic mass is 16.5. The number of ether oxygens (including phenoxy) is 1. The third-order valence-electron chi connectivity index (χ3n) is 3.00. The maximum atomic E-state index is 11.7. The van der Waals surface area contributed by atoms with Gasteiger partial charge in [-0.05, 0) is 24.8 Å². The first-order chi connectivity index (χ1) is 10.3. The van der Waals surface area contributed by atoms with Crippen LogP contribution in [-0.2, 0) is 11.3 Å². The van der Waals surface area contributed by atoms with Gasteiger partial charge in [-0.15, -0.1) is 0 Å². The largest absolute Gasteiger partial charge is 0.396 e. The Morgan fingerprint density at radius 2 is 2.33 bits per heavy atom. The lowest BCUT2D eigenvalue weighted by Crippen LogP contribution is -2.25. The Labute approximate surface area is 123 Å². The molecule has 1 aliphatic rings. The maximum absolute atomic E-state index is 11.7. The minimum absolute atomic E-state index is 0.0441. The molecule has 1 amide bonds. The second-order valence-electron chi connectivity index (χ2n) is 4.76. The van der Waals surface area contributed by atoms with Gasteiger partial charge >= 0.3 is 0 Å². The second-order valence-corrected chi connectivity index (χ2v) is 4.76. The molecule has 21 heavy (non-hydrogen) atoms. The van der Waals surface area contributed by atoms with Crippen LogP contribution in [-0.4, -0.2) is 35.9 Å². The summed E-state index contributed by atoms with van der Waals surface area (Å²) in [6.45, 7) is 1.26. The fraction of sp³-hybridized carbons (Fsp3) is 0.467. The van der Waals surface area contributed by atoms with Gasteiger partial charge in [-0.25, -0.2) is 0 Å². The Kier molecular flexibility index (Phi) is 6.18. The van der Waals surface area contributed by atoms with E-state index in [0.29, 0.717) is 25.3 Å². The van der Waals surface area contributed by atoms with E-state index in [1.165, 1.54) is 0 Å².